The molecule has 0 saturated carbocycles. The van der Waals surface area contributed by atoms with Gasteiger partial charge in [-0.05, 0) is 0 Å². The molecule has 0 aliphatic rings. The molecular formula is C14H16N2O8. The van der Waals surface area contributed by atoms with Crippen LogP contribution in [0.2, 0.25) is 0 Å². The minimum atomic E-state index is -0.885. The van der Waals surface area contributed by atoms with Gasteiger partial charge in [-0.25, -0.2) is 19.6 Å². The minimum Gasteiger partial charge on any atom is -0.469 e. The first kappa shape index (κ1) is 19.0. The molecule has 10 heteroatoms. The molecule has 1 aromatic rings. The zero-order valence-electron chi connectivity index (χ0n) is 13.6. The van der Waals surface area contributed by atoms with Crippen molar-refractivity contribution in [3.05, 3.63) is 22.8 Å². The number of rotatable bonds is 6. The molecule has 0 bridgehead atoms. The van der Waals surface area contributed by atoms with Crippen molar-refractivity contribution in [2.45, 2.75) is 12.8 Å². The highest BCUT2D eigenvalue weighted by atomic mass is 16.5. The maximum absolute atomic E-state index is 11.9. The third-order valence-corrected chi connectivity index (χ3v) is 2.88. The third-order valence-electron chi connectivity index (χ3n) is 2.88. The van der Waals surface area contributed by atoms with Gasteiger partial charge < -0.3 is 18.9 Å². The van der Waals surface area contributed by atoms with E-state index in [2.05, 4.69) is 28.9 Å². The van der Waals surface area contributed by atoms with Crippen LogP contribution in [0, 0.1) is 0 Å². The Hall–Kier alpha value is -3.04. The summed E-state index contributed by atoms with van der Waals surface area (Å²) < 4.78 is 18.2. The van der Waals surface area contributed by atoms with Gasteiger partial charge in [-0.15, -0.1) is 0 Å². The predicted octanol–water partition coefficient (Wildman–Crippen LogP) is -0.519. The molecule has 0 atom stereocenters. The second-order valence-electron chi connectivity index (χ2n) is 4.30. The minimum absolute atomic E-state index is 0.136. The lowest BCUT2D eigenvalue weighted by Gasteiger charge is -2.11. The van der Waals surface area contributed by atoms with Crippen LogP contribution < -0.4 is 0 Å². The quantitative estimate of drug-likeness (QED) is 0.492. The number of carbonyl (C=O) groups excluding carboxylic acids is 4. The summed E-state index contributed by atoms with van der Waals surface area (Å²) in [7, 11) is 4.53. The van der Waals surface area contributed by atoms with Crippen LogP contribution in [0.4, 0.5) is 0 Å². The van der Waals surface area contributed by atoms with Crippen molar-refractivity contribution in [1.82, 2.24) is 9.97 Å². The Morgan fingerprint density at radius 1 is 0.667 bits per heavy atom. The van der Waals surface area contributed by atoms with Crippen LogP contribution >= 0.6 is 0 Å². The second-order valence-corrected chi connectivity index (χ2v) is 4.30. The summed E-state index contributed by atoms with van der Waals surface area (Å²) in [5.41, 5.74) is -0.894. The lowest BCUT2D eigenvalue weighted by atomic mass is 10.1. The van der Waals surface area contributed by atoms with E-state index in [9.17, 15) is 19.2 Å². The molecule has 130 valence electrons. The topological polar surface area (TPSA) is 131 Å². The number of aromatic nitrogens is 2. The average molecular weight is 340 g/mol. The lowest BCUT2D eigenvalue weighted by molar-refractivity contribution is -0.140. The maximum Gasteiger partial charge on any atom is 0.358 e. The normalized spacial score (nSPS) is 9.83. The molecule has 10 nitrogen and oxygen atoms in total. The van der Waals surface area contributed by atoms with Crippen molar-refractivity contribution < 1.29 is 38.1 Å². The second kappa shape index (κ2) is 8.56. The maximum atomic E-state index is 11.9. The van der Waals surface area contributed by atoms with E-state index >= 15 is 0 Å². The van der Waals surface area contributed by atoms with Gasteiger partial charge in [-0.1, -0.05) is 0 Å². The van der Waals surface area contributed by atoms with Crippen molar-refractivity contribution in [1.29, 1.82) is 0 Å². The highest BCUT2D eigenvalue weighted by Gasteiger charge is 2.26. The van der Waals surface area contributed by atoms with Crippen LogP contribution in [0.25, 0.3) is 0 Å². The fourth-order valence-electron chi connectivity index (χ4n) is 1.69. The fourth-order valence-corrected chi connectivity index (χ4v) is 1.69. The highest BCUT2D eigenvalue weighted by Crippen LogP contribution is 2.14. The number of hydrogen-bond acceptors (Lipinski definition) is 10. The van der Waals surface area contributed by atoms with Crippen molar-refractivity contribution >= 4 is 23.9 Å². The largest absolute Gasteiger partial charge is 0.469 e. The van der Waals surface area contributed by atoms with E-state index < -0.39 is 36.7 Å². The van der Waals surface area contributed by atoms with Gasteiger partial charge in [0.05, 0.1) is 52.7 Å². The molecule has 0 fully saturated rings. The standard InChI is InChI=1S/C14H16N2O8/c1-21-9(17)5-7-11(13(19)23-3)16-8(6-10(18)22-2)12(15-7)14(20)24-4/h5-6H2,1-4H3. The number of hydrogen-bond donors (Lipinski definition) is 0. The Kier molecular flexibility index (Phi) is 6.78. The Balaban J connectivity index is 3.51. The third kappa shape index (κ3) is 4.48. The smallest absolute Gasteiger partial charge is 0.358 e. The van der Waals surface area contributed by atoms with Crippen LogP contribution in [0.15, 0.2) is 0 Å². The summed E-state index contributed by atoms with van der Waals surface area (Å²) in [5.74, 6) is -3.18. The van der Waals surface area contributed by atoms with Crippen LogP contribution in [0.5, 0.6) is 0 Å². The lowest BCUT2D eigenvalue weighted by Crippen LogP contribution is -2.22. The number of methoxy groups -OCH3 is 4. The van der Waals surface area contributed by atoms with Gasteiger partial charge in [-0.3, -0.25) is 9.59 Å². The molecule has 1 aromatic heterocycles. The molecule has 0 aromatic carbocycles. The van der Waals surface area contributed by atoms with E-state index in [0.29, 0.717) is 0 Å². The molecule has 1 heterocycles. The molecule has 0 amide bonds. The van der Waals surface area contributed by atoms with E-state index in [-0.39, 0.29) is 22.8 Å². The first-order chi connectivity index (χ1) is 11.4. The zero-order chi connectivity index (χ0) is 18.3. The van der Waals surface area contributed by atoms with E-state index in [0.717, 1.165) is 28.4 Å². The van der Waals surface area contributed by atoms with Crippen LogP contribution in [0.3, 0.4) is 0 Å². The summed E-state index contributed by atoms with van der Waals surface area (Å²) in [6.07, 6.45) is -0.840. The summed E-state index contributed by atoms with van der Waals surface area (Å²) in [4.78, 5) is 54.5. The van der Waals surface area contributed by atoms with Crippen molar-refractivity contribution in [2.24, 2.45) is 0 Å². The predicted molar refractivity (Wildman–Crippen MR) is 76.2 cm³/mol. The Labute approximate surface area is 137 Å². The van der Waals surface area contributed by atoms with E-state index in [1.54, 1.807) is 0 Å². The van der Waals surface area contributed by atoms with Gasteiger partial charge in [-0.2, -0.15) is 0 Å². The van der Waals surface area contributed by atoms with E-state index in [4.69, 9.17) is 0 Å². The fraction of sp³-hybridized carbons (Fsp3) is 0.429. The molecular weight excluding hydrogens is 324 g/mol. The molecule has 1 rings (SSSR count). The molecule has 0 N–H and O–H groups in total. The molecule has 0 aliphatic carbocycles. The average Bonchev–Trinajstić information content (AvgIpc) is 2.60. The van der Waals surface area contributed by atoms with Crippen molar-refractivity contribution in [2.75, 3.05) is 28.4 Å². The SMILES string of the molecule is COC(=O)Cc1nc(C(=O)OC)c(CC(=O)OC)nc1C(=O)OC. The molecule has 0 aliphatic heterocycles. The van der Waals surface area contributed by atoms with Crippen LogP contribution in [-0.4, -0.2) is 62.3 Å². The monoisotopic (exact) mass is 340 g/mol. The number of ether oxygens (including phenoxy) is 4. The zero-order valence-corrected chi connectivity index (χ0v) is 13.6. The van der Waals surface area contributed by atoms with E-state index in [1.807, 2.05) is 0 Å². The van der Waals surface area contributed by atoms with Gasteiger partial charge in [0.25, 0.3) is 0 Å². The number of nitrogens with zero attached hydrogens (tertiary/aromatic N) is 2. The summed E-state index contributed by atoms with van der Waals surface area (Å²) in [6.45, 7) is 0. The Morgan fingerprint density at radius 2 is 1.00 bits per heavy atom. The summed E-state index contributed by atoms with van der Waals surface area (Å²) in [6, 6.07) is 0. The molecule has 24 heavy (non-hydrogen) atoms. The van der Waals surface area contributed by atoms with Crippen LogP contribution in [0.1, 0.15) is 32.4 Å². The van der Waals surface area contributed by atoms with Gasteiger partial charge in [0, 0.05) is 0 Å². The van der Waals surface area contributed by atoms with Gasteiger partial charge >= 0.3 is 23.9 Å². The Bertz CT molecular complexity index is 613. The molecule has 0 radical (unpaired) electrons. The first-order valence-corrected chi connectivity index (χ1v) is 6.57. The highest BCUT2D eigenvalue weighted by molar-refractivity contribution is 5.93. The molecule has 0 saturated heterocycles. The Morgan fingerprint density at radius 3 is 1.25 bits per heavy atom. The van der Waals surface area contributed by atoms with E-state index in [1.165, 1.54) is 0 Å². The number of carbonyl (C=O) groups is 4. The number of esters is 4. The first-order valence-electron chi connectivity index (χ1n) is 6.57. The summed E-state index contributed by atoms with van der Waals surface area (Å²) >= 11 is 0. The van der Waals surface area contributed by atoms with Crippen molar-refractivity contribution in [3.8, 4) is 0 Å². The molecule has 0 spiro atoms. The van der Waals surface area contributed by atoms with Crippen molar-refractivity contribution in [3.63, 3.8) is 0 Å². The molecule has 0 unspecified atom stereocenters. The van der Waals surface area contributed by atoms with Crippen LogP contribution in [-0.2, 0) is 41.4 Å². The van der Waals surface area contributed by atoms with Gasteiger partial charge in [0.2, 0.25) is 0 Å². The summed E-state index contributed by atoms with van der Waals surface area (Å²) in [5, 5.41) is 0. The van der Waals surface area contributed by atoms with Gasteiger partial charge in [0.15, 0.2) is 11.4 Å². The van der Waals surface area contributed by atoms with Gasteiger partial charge in [0.1, 0.15) is 0 Å².